The molecule has 5 heteroatoms. The van der Waals surface area contributed by atoms with E-state index in [0.29, 0.717) is 0 Å². The quantitative estimate of drug-likeness (QED) is 0.625. The van der Waals surface area contributed by atoms with Crippen LogP contribution in [0.3, 0.4) is 0 Å². The first kappa shape index (κ1) is 16.3. The lowest BCUT2D eigenvalue weighted by Gasteiger charge is -2.18. The number of thiophene rings is 1. The van der Waals surface area contributed by atoms with Gasteiger partial charge in [-0.2, -0.15) is 0 Å². The third kappa shape index (κ3) is 4.22. The monoisotopic (exact) mass is 391 g/mol. The molecule has 1 unspecified atom stereocenters. The number of benzene rings is 1. The van der Waals surface area contributed by atoms with E-state index in [1.165, 1.54) is 4.88 Å². The fourth-order valence-electron chi connectivity index (χ4n) is 2.03. The van der Waals surface area contributed by atoms with Crippen molar-refractivity contribution in [2.24, 2.45) is 0 Å². The first-order valence-electron chi connectivity index (χ1n) is 6.52. The van der Waals surface area contributed by atoms with Crippen LogP contribution < -0.4 is 5.32 Å². The van der Waals surface area contributed by atoms with Gasteiger partial charge in [-0.15, -0.1) is 11.3 Å². The van der Waals surface area contributed by atoms with Crippen molar-refractivity contribution >= 4 is 50.5 Å². The summed E-state index contributed by atoms with van der Waals surface area (Å²) in [6, 6.07) is 8.06. The smallest absolute Gasteiger partial charge is 0.0457 e. The average Bonchev–Trinajstić information content (AvgIpc) is 2.84. The molecule has 108 valence electrons. The van der Waals surface area contributed by atoms with Crippen LogP contribution >= 0.6 is 50.5 Å². The first-order chi connectivity index (χ1) is 9.61. The van der Waals surface area contributed by atoms with Gasteiger partial charge in [-0.25, -0.2) is 0 Å². The second-order valence-electron chi connectivity index (χ2n) is 4.58. The van der Waals surface area contributed by atoms with Gasteiger partial charge in [-0.1, -0.05) is 36.2 Å². The molecule has 0 amide bonds. The van der Waals surface area contributed by atoms with Crippen molar-refractivity contribution in [1.29, 1.82) is 0 Å². The maximum Gasteiger partial charge on any atom is 0.0457 e. The molecule has 0 saturated carbocycles. The summed E-state index contributed by atoms with van der Waals surface area (Å²) in [6.45, 7) is 3.14. The van der Waals surface area contributed by atoms with E-state index in [1.54, 1.807) is 11.3 Å². The van der Waals surface area contributed by atoms with Crippen molar-refractivity contribution in [3.8, 4) is 0 Å². The molecule has 20 heavy (non-hydrogen) atoms. The van der Waals surface area contributed by atoms with E-state index in [4.69, 9.17) is 23.2 Å². The fourth-order valence-corrected chi connectivity index (χ4v) is 4.11. The van der Waals surface area contributed by atoms with Crippen molar-refractivity contribution in [3.05, 3.63) is 54.6 Å². The van der Waals surface area contributed by atoms with Gasteiger partial charge in [-0.05, 0) is 59.1 Å². The summed E-state index contributed by atoms with van der Waals surface area (Å²) in [7, 11) is 0. The fraction of sp³-hybridized carbons (Fsp3) is 0.333. The van der Waals surface area contributed by atoms with Crippen LogP contribution in [0.4, 0.5) is 0 Å². The lowest BCUT2D eigenvalue weighted by Crippen LogP contribution is -2.23. The van der Waals surface area contributed by atoms with Crippen molar-refractivity contribution in [2.45, 2.75) is 25.8 Å². The molecule has 0 fully saturated rings. The highest BCUT2D eigenvalue weighted by Crippen LogP contribution is 2.32. The average molecular weight is 393 g/mol. The molecule has 1 nitrogen and oxygen atoms in total. The highest BCUT2D eigenvalue weighted by atomic mass is 79.9. The predicted molar refractivity (Wildman–Crippen MR) is 93.2 cm³/mol. The van der Waals surface area contributed by atoms with E-state index in [1.807, 2.05) is 18.2 Å². The number of halogens is 3. The van der Waals surface area contributed by atoms with E-state index in [-0.39, 0.29) is 6.04 Å². The van der Waals surface area contributed by atoms with Gasteiger partial charge in [0.1, 0.15) is 0 Å². The van der Waals surface area contributed by atoms with E-state index in [2.05, 4.69) is 39.6 Å². The minimum absolute atomic E-state index is 0.239. The van der Waals surface area contributed by atoms with Crippen molar-refractivity contribution in [2.75, 3.05) is 6.54 Å². The van der Waals surface area contributed by atoms with Gasteiger partial charge in [0.2, 0.25) is 0 Å². The summed E-state index contributed by atoms with van der Waals surface area (Å²) in [6.07, 6.45) is 1.89. The van der Waals surface area contributed by atoms with E-state index in [0.717, 1.165) is 39.5 Å². The standard InChI is InChI=1S/C15H16BrCl2NS/c1-2-6-19-14(15-7-10(16)9-20-15)8-11-12(17)4-3-5-13(11)18/h3-5,7,9,14,19H,2,6,8H2,1H3. The third-order valence-corrected chi connectivity index (χ3v) is 5.56. The SMILES string of the molecule is CCCNC(Cc1c(Cl)cccc1Cl)c1cc(Br)cs1. The third-order valence-electron chi connectivity index (χ3n) is 3.04. The molecular formula is C15H16BrCl2NS. The summed E-state index contributed by atoms with van der Waals surface area (Å²) >= 11 is 17.8. The maximum absolute atomic E-state index is 6.28. The second kappa shape index (κ2) is 7.81. The second-order valence-corrected chi connectivity index (χ2v) is 7.25. The van der Waals surface area contributed by atoms with Gasteiger partial charge < -0.3 is 5.32 Å². The number of nitrogens with one attached hydrogen (secondary N) is 1. The molecule has 0 spiro atoms. The van der Waals surface area contributed by atoms with Crippen molar-refractivity contribution in [1.82, 2.24) is 5.32 Å². The number of hydrogen-bond acceptors (Lipinski definition) is 2. The lowest BCUT2D eigenvalue weighted by atomic mass is 10.0. The van der Waals surface area contributed by atoms with E-state index in [9.17, 15) is 0 Å². The zero-order valence-electron chi connectivity index (χ0n) is 11.1. The summed E-state index contributed by atoms with van der Waals surface area (Å²) in [5.74, 6) is 0. The van der Waals surface area contributed by atoms with Gasteiger partial charge in [0, 0.05) is 30.8 Å². The molecular weight excluding hydrogens is 377 g/mol. The molecule has 0 aliphatic rings. The lowest BCUT2D eigenvalue weighted by molar-refractivity contribution is 0.536. The molecule has 0 aliphatic carbocycles. The number of hydrogen-bond donors (Lipinski definition) is 1. The molecule has 1 heterocycles. The normalized spacial score (nSPS) is 12.6. The predicted octanol–water partition coefficient (Wildman–Crippen LogP) is 6.10. The molecule has 1 atom stereocenters. The molecule has 0 aliphatic heterocycles. The van der Waals surface area contributed by atoms with E-state index < -0.39 is 0 Å². The molecule has 1 aromatic heterocycles. The highest BCUT2D eigenvalue weighted by molar-refractivity contribution is 9.10. The van der Waals surface area contributed by atoms with Gasteiger partial charge in [0.05, 0.1) is 0 Å². The van der Waals surface area contributed by atoms with Crippen LogP contribution in [0.5, 0.6) is 0 Å². The molecule has 0 saturated heterocycles. The Morgan fingerprint density at radius 1 is 1.30 bits per heavy atom. The van der Waals surface area contributed by atoms with Crippen LogP contribution in [0.25, 0.3) is 0 Å². The van der Waals surface area contributed by atoms with Gasteiger partial charge in [0.15, 0.2) is 0 Å². The first-order valence-corrected chi connectivity index (χ1v) is 8.95. The van der Waals surface area contributed by atoms with Crippen LogP contribution in [-0.4, -0.2) is 6.54 Å². The Morgan fingerprint density at radius 2 is 2.00 bits per heavy atom. The molecule has 1 N–H and O–H groups in total. The van der Waals surface area contributed by atoms with Crippen LogP contribution in [0.2, 0.25) is 10.0 Å². The van der Waals surface area contributed by atoms with Crippen molar-refractivity contribution < 1.29 is 0 Å². The Hall–Kier alpha value is -0.0600. The van der Waals surface area contributed by atoms with Gasteiger partial charge >= 0.3 is 0 Å². The zero-order valence-corrected chi connectivity index (χ0v) is 15.0. The van der Waals surface area contributed by atoms with Gasteiger partial charge in [-0.3, -0.25) is 0 Å². The Morgan fingerprint density at radius 3 is 2.55 bits per heavy atom. The summed E-state index contributed by atoms with van der Waals surface area (Å²) in [4.78, 5) is 1.29. The molecule has 0 bridgehead atoms. The van der Waals surface area contributed by atoms with Crippen LogP contribution in [0.15, 0.2) is 34.1 Å². The Labute approximate surface area is 142 Å². The highest BCUT2D eigenvalue weighted by Gasteiger charge is 2.17. The maximum atomic E-state index is 6.28. The van der Waals surface area contributed by atoms with Gasteiger partial charge in [0.25, 0.3) is 0 Å². The zero-order chi connectivity index (χ0) is 14.5. The summed E-state index contributed by atoms with van der Waals surface area (Å²) < 4.78 is 1.12. The Bertz CT molecular complexity index is 551. The van der Waals surface area contributed by atoms with Crippen LogP contribution in [-0.2, 0) is 6.42 Å². The minimum Gasteiger partial charge on any atom is -0.309 e. The van der Waals surface area contributed by atoms with Crippen molar-refractivity contribution in [3.63, 3.8) is 0 Å². The summed E-state index contributed by atoms with van der Waals surface area (Å²) in [5, 5.41) is 7.14. The Kier molecular flexibility index (Phi) is 6.37. The molecule has 0 radical (unpaired) electrons. The van der Waals surface area contributed by atoms with Crippen LogP contribution in [0.1, 0.15) is 29.8 Å². The van der Waals surface area contributed by atoms with E-state index >= 15 is 0 Å². The molecule has 2 aromatic rings. The molecule has 1 aromatic carbocycles. The number of rotatable bonds is 6. The van der Waals surface area contributed by atoms with Crippen LogP contribution in [0, 0.1) is 0 Å². The molecule has 2 rings (SSSR count). The minimum atomic E-state index is 0.239. The largest absolute Gasteiger partial charge is 0.309 e. The summed E-state index contributed by atoms with van der Waals surface area (Å²) in [5.41, 5.74) is 1.01. The topological polar surface area (TPSA) is 12.0 Å². The Balaban J connectivity index is 2.23.